The van der Waals surface area contributed by atoms with Gasteiger partial charge in [-0.25, -0.2) is 4.98 Å². The zero-order valence-corrected chi connectivity index (χ0v) is 15.4. The summed E-state index contributed by atoms with van der Waals surface area (Å²) < 4.78 is 4.18. The van der Waals surface area contributed by atoms with Crippen molar-refractivity contribution >= 4 is 5.91 Å². The van der Waals surface area contributed by atoms with Crippen molar-refractivity contribution in [3.8, 4) is 0 Å². The van der Waals surface area contributed by atoms with Gasteiger partial charge in [0.25, 0.3) is 5.91 Å². The third-order valence-electron chi connectivity index (χ3n) is 5.86. The highest BCUT2D eigenvalue weighted by atomic mass is 16.2. The summed E-state index contributed by atoms with van der Waals surface area (Å²) in [5, 5.41) is 4.37. The standard InChI is InChI=1S/C19H27N5O/c1-13-10-17(21-22(13)3)19(25)23-9-5-8-16(12-23)24-14(2)11-20-18(24)15-6-4-7-15/h10-11,15-16H,4-9,12H2,1-3H3. The first-order valence-electron chi connectivity index (χ1n) is 9.38. The Bertz CT molecular complexity index is 766. The molecule has 0 radical (unpaired) electrons. The molecule has 1 unspecified atom stereocenters. The Labute approximate surface area is 148 Å². The lowest BCUT2D eigenvalue weighted by Gasteiger charge is -2.36. The highest BCUT2D eigenvalue weighted by molar-refractivity contribution is 5.92. The average molecular weight is 341 g/mol. The van der Waals surface area contributed by atoms with E-state index in [0.717, 1.165) is 31.6 Å². The van der Waals surface area contributed by atoms with Crippen molar-refractivity contribution < 1.29 is 4.79 Å². The van der Waals surface area contributed by atoms with Crippen LogP contribution < -0.4 is 0 Å². The fourth-order valence-electron chi connectivity index (χ4n) is 4.09. The summed E-state index contributed by atoms with van der Waals surface area (Å²) in [5.41, 5.74) is 2.78. The van der Waals surface area contributed by atoms with E-state index >= 15 is 0 Å². The molecule has 6 heteroatoms. The van der Waals surface area contributed by atoms with Crippen LogP contribution >= 0.6 is 0 Å². The summed E-state index contributed by atoms with van der Waals surface area (Å²) in [6.07, 6.45) is 7.95. The molecule has 1 aliphatic carbocycles. The number of rotatable bonds is 3. The van der Waals surface area contributed by atoms with Gasteiger partial charge in [0.1, 0.15) is 5.82 Å². The quantitative estimate of drug-likeness (QED) is 0.862. The molecular weight excluding hydrogens is 314 g/mol. The van der Waals surface area contributed by atoms with E-state index in [9.17, 15) is 4.79 Å². The summed E-state index contributed by atoms with van der Waals surface area (Å²) in [4.78, 5) is 19.5. The van der Waals surface area contributed by atoms with Crippen LogP contribution in [0.4, 0.5) is 0 Å². The lowest BCUT2D eigenvalue weighted by Crippen LogP contribution is -2.41. The number of hydrogen-bond donors (Lipinski definition) is 0. The summed E-state index contributed by atoms with van der Waals surface area (Å²) in [7, 11) is 1.88. The number of amides is 1. The molecule has 3 heterocycles. The minimum absolute atomic E-state index is 0.0522. The van der Waals surface area contributed by atoms with Crippen LogP contribution in [0.2, 0.25) is 0 Å². The molecule has 2 fully saturated rings. The third kappa shape index (κ3) is 2.87. The van der Waals surface area contributed by atoms with E-state index in [1.165, 1.54) is 30.8 Å². The Kier molecular flexibility index (Phi) is 4.13. The molecule has 2 aromatic rings. The molecule has 2 aliphatic rings. The zero-order chi connectivity index (χ0) is 17.6. The maximum Gasteiger partial charge on any atom is 0.274 e. The number of aromatic nitrogens is 4. The Morgan fingerprint density at radius 3 is 2.60 bits per heavy atom. The average Bonchev–Trinajstić information content (AvgIpc) is 3.08. The second-order valence-electron chi connectivity index (χ2n) is 7.60. The monoisotopic (exact) mass is 341 g/mol. The highest BCUT2D eigenvalue weighted by Crippen LogP contribution is 2.38. The SMILES string of the molecule is Cc1cc(C(=O)N2CCCC(n3c(C)cnc3C3CCC3)C2)nn1C. The Hall–Kier alpha value is -2.11. The Balaban J connectivity index is 1.55. The molecule has 0 aromatic carbocycles. The summed E-state index contributed by atoms with van der Waals surface area (Å²) >= 11 is 0. The number of carbonyl (C=O) groups is 1. The van der Waals surface area contributed by atoms with Crippen LogP contribution in [0, 0.1) is 13.8 Å². The van der Waals surface area contributed by atoms with E-state index in [0.29, 0.717) is 17.7 Å². The molecule has 0 bridgehead atoms. The van der Waals surface area contributed by atoms with Gasteiger partial charge in [0, 0.05) is 43.6 Å². The first-order chi connectivity index (χ1) is 12.0. The van der Waals surface area contributed by atoms with Crippen molar-refractivity contribution in [2.24, 2.45) is 7.05 Å². The minimum atomic E-state index is 0.0522. The fraction of sp³-hybridized carbons (Fsp3) is 0.632. The number of carbonyl (C=O) groups excluding carboxylic acids is 1. The van der Waals surface area contributed by atoms with Gasteiger partial charge < -0.3 is 9.47 Å². The molecule has 0 spiro atoms. The number of piperidine rings is 1. The van der Waals surface area contributed by atoms with Crippen LogP contribution in [0.15, 0.2) is 12.3 Å². The van der Waals surface area contributed by atoms with Gasteiger partial charge in [-0.3, -0.25) is 9.48 Å². The van der Waals surface area contributed by atoms with Crippen molar-refractivity contribution in [2.45, 2.75) is 57.9 Å². The summed E-state index contributed by atoms with van der Waals surface area (Å²) in [6, 6.07) is 2.22. The van der Waals surface area contributed by atoms with Gasteiger partial charge in [0.15, 0.2) is 5.69 Å². The first kappa shape index (κ1) is 16.4. The molecular formula is C19H27N5O. The molecule has 0 N–H and O–H groups in total. The van der Waals surface area contributed by atoms with E-state index in [1.807, 2.05) is 31.1 Å². The first-order valence-corrected chi connectivity index (χ1v) is 9.38. The van der Waals surface area contributed by atoms with Crippen LogP contribution in [0.5, 0.6) is 0 Å². The topological polar surface area (TPSA) is 56.0 Å². The van der Waals surface area contributed by atoms with E-state index in [-0.39, 0.29) is 5.91 Å². The maximum atomic E-state index is 12.9. The van der Waals surface area contributed by atoms with Crippen molar-refractivity contribution in [3.05, 3.63) is 35.2 Å². The van der Waals surface area contributed by atoms with Gasteiger partial charge >= 0.3 is 0 Å². The smallest absolute Gasteiger partial charge is 0.274 e. The largest absolute Gasteiger partial charge is 0.335 e. The van der Waals surface area contributed by atoms with Gasteiger partial charge in [-0.2, -0.15) is 5.10 Å². The normalized spacial score (nSPS) is 21.4. The molecule has 1 saturated heterocycles. The van der Waals surface area contributed by atoms with E-state index in [2.05, 4.69) is 16.6 Å². The van der Waals surface area contributed by atoms with Gasteiger partial charge in [-0.1, -0.05) is 6.42 Å². The summed E-state index contributed by atoms with van der Waals surface area (Å²) in [6.45, 7) is 5.68. The van der Waals surface area contributed by atoms with Crippen molar-refractivity contribution in [1.29, 1.82) is 0 Å². The van der Waals surface area contributed by atoms with Gasteiger partial charge in [0.2, 0.25) is 0 Å². The predicted molar refractivity (Wildman–Crippen MR) is 95.7 cm³/mol. The lowest BCUT2D eigenvalue weighted by molar-refractivity contribution is 0.0668. The fourth-order valence-corrected chi connectivity index (χ4v) is 4.09. The Morgan fingerprint density at radius 2 is 1.96 bits per heavy atom. The molecule has 134 valence electrons. The second-order valence-corrected chi connectivity index (χ2v) is 7.60. The third-order valence-corrected chi connectivity index (χ3v) is 5.86. The molecule has 1 saturated carbocycles. The molecule has 6 nitrogen and oxygen atoms in total. The molecule has 1 atom stereocenters. The number of imidazole rings is 1. The molecule has 2 aromatic heterocycles. The van der Waals surface area contributed by atoms with Gasteiger partial charge in [-0.05, 0) is 45.6 Å². The van der Waals surface area contributed by atoms with E-state index in [1.54, 1.807) is 4.68 Å². The summed E-state index contributed by atoms with van der Waals surface area (Å²) in [5.74, 6) is 1.89. The number of likely N-dealkylation sites (tertiary alicyclic amines) is 1. The molecule has 4 rings (SSSR count). The number of nitrogens with zero attached hydrogens (tertiary/aromatic N) is 5. The zero-order valence-electron chi connectivity index (χ0n) is 15.4. The van der Waals surface area contributed by atoms with Crippen LogP contribution in [0.1, 0.15) is 71.8 Å². The van der Waals surface area contributed by atoms with Crippen LogP contribution in [-0.4, -0.2) is 43.2 Å². The van der Waals surface area contributed by atoms with Gasteiger partial charge in [-0.15, -0.1) is 0 Å². The molecule has 1 aliphatic heterocycles. The van der Waals surface area contributed by atoms with Crippen molar-refractivity contribution in [1.82, 2.24) is 24.2 Å². The highest BCUT2D eigenvalue weighted by Gasteiger charge is 2.32. The van der Waals surface area contributed by atoms with E-state index < -0.39 is 0 Å². The van der Waals surface area contributed by atoms with Gasteiger partial charge in [0.05, 0.1) is 6.04 Å². The van der Waals surface area contributed by atoms with E-state index in [4.69, 9.17) is 4.98 Å². The van der Waals surface area contributed by atoms with Crippen LogP contribution in [0.3, 0.4) is 0 Å². The van der Waals surface area contributed by atoms with Crippen molar-refractivity contribution in [2.75, 3.05) is 13.1 Å². The lowest BCUT2D eigenvalue weighted by atomic mass is 9.84. The molecule has 1 amide bonds. The van der Waals surface area contributed by atoms with Crippen LogP contribution in [0.25, 0.3) is 0 Å². The van der Waals surface area contributed by atoms with Crippen molar-refractivity contribution in [3.63, 3.8) is 0 Å². The van der Waals surface area contributed by atoms with Crippen LogP contribution in [-0.2, 0) is 7.05 Å². The number of hydrogen-bond acceptors (Lipinski definition) is 3. The maximum absolute atomic E-state index is 12.9. The molecule has 25 heavy (non-hydrogen) atoms. The second kappa shape index (κ2) is 6.32. The minimum Gasteiger partial charge on any atom is -0.335 e. The number of aryl methyl sites for hydroxylation is 3. The predicted octanol–water partition coefficient (Wildman–Crippen LogP) is 2.98. The Morgan fingerprint density at radius 1 is 1.16 bits per heavy atom.